The summed E-state index contributed by atoms with van der Waals surface area (Å²) in [5, 5.41) is 0.821. The van der Waals surface area contributed by atoms with Gasteiger partial charge in [-0.25, -0.2) is 4.98 Å². The number of aromatic nitrogens is 2. The summed E-state index contributed by atoms with van der Waals surface area (Å²) in [4.78, 5) is 22.1. The Morgan fingerprint density at radius 3 is 2.84 bits per heavy atom. The predicted molar refractivity (Wildman–Crippen MR) is 103 cm³/mol. The molecule has 5 nitrogen and oxygen atoms in total. The van der Waals surface area contributed by atoms with E-state index in [1.54, 1.807) is 0 Å². The van der Waals surface area contributed by atoms with Crippen molar-refractivity contribution in [3.8, 4) is 11.4 Å². The molecule has 0 unspecified atom stereocenters. The van der Waals surface area contributed by atoms with E-state index in [-0.39, 0.29) is 11.1 Å². The molecule has 0 atom stereocenters. The number of aromatic amines is 1. The number of benzene rings is 2. The molecule has 0 saturated heterocycles. The SMILES string of the molecule is CN(C)Cc1cccc(-c2nc3c(oc4ccc(Br)cc43)c(=O)[nH]2)c1. The lowest BCUT2D eigenvalue weighted by Crippen LogP contribution is -2.11. The number of H-pyrrole nitrogens is 1. The van der Waals surface area contributed by atoms with Crippen LogP contribution in [0.5, 0.6) is 0 Å². The van der Waals surface area contributed by atoms with Crippen molar-refractivity contribution in [3.63, 3.8) is 0 Å². The van der Waals surface area contributed by atoms with Crippen LogP contribution in [0.1, 0.15) is 5.56 Å². The second-order valence-electron chi connectivity index (χ2n) is 6.27. The smallest absolute Gasteiger partial charge is 0.294 e. The molecule has 2 heterocycles. The highest BCUT2D eigenvalue weighted by atomic mass is 79.9. The standard InChI is InChI=1S/C19H16BrN3O2/c1-23(2)10-11-4-3-5-12(8-11)18-21-16-14-9-13(20)6-7-15(14)25-17(16)19(24)22-18/h3-9H,10H2,1-2H3,(H,21,22,24). The Hall–Kier alpha value is -2.44. The van der Waals surface area contributed by atoms with E-state index in [1.807, 2.05) is 50.5 Å². The second kappa shape index (κ2) is 6.13. The van der Waals surface area contributed by atoms with Gasteiger partial charge in [0.25, 0.3) is 5.56 Å². The summed E-state index contributed by atoms with van der Waals surface area (Å²) in [7, 11) is 4.04. The van der Waals surface area contributed by atoms with Crippen molar-refractivity contribution in [1.82, 2.24) is 14.9 Å². The van der Waals surface area contributed by atoms with Gasteiger partial charge >= 0.3 is 0 Å². The van der Waals surface area contributed by atoms with E-state index in [4.69, 9.17) is 4.42 Å². The zero-order valence-electron chi connectivity index (χ0n) is 13.8. The largest absolute Gasteiger partial charge is 0.449 e. The van der Waals surface area contributed by atoms with Crippen LogP contribution in [0.15, 0.2) is 56.1 Å². The molecule has 2 aromatic heterocycles. The summed E-state index contributed by atoms with van der Waals surface area (Å²) in [6.07, 6.45) is 0. The molecule has 1 N–H and O–H groups in total. The molecule has 2 aromatic carbocycles. The summed E-state index contributed by atoms with van der Waals surface area (Å²) < 4.78 is 6.59. The maximum atomic E-state index is 12.5. The van der Waals surface area contributed by atoms with Crippen LogP contribution in [0.25, 0.3) is 33.5 Å². The third kappa shape index (κ3) is 2.99. The topological polar surface area (TPSA) is 62.1 Å². The molecule has 0 bridgehead atoms. The molecule has 126 valence electrons. The molecule has 0 fully saturated rings. The fourth-order valence-electron chi connectivity index (χ4n) is 2.94. The average Bonchev–Trinajstić information content (AvgIpc) is 2.93. The third-order valence-corrected chi connectivity index (χ3v) is 4.48. The van der Waals surface area contributed by atoms with Crippen molar-refractivity contribution in [2.24, 2.45) is 0 Å². The van der Waals surface area contributed by atoms with Gasteiger partial charge in [0.1, 0.15) is 16.9 Å². The fourth-order valence-corrected chi connectivity index (χ4v) is 3.31. The highest BCUT2D eigenvalue weighted by Gasteiger charge is 2.14. The minimum Gasteiger partial charge on any atom is -0.449 e. The quantitative estimate of drug-likeness (QED) is 0.563. The van der Waals surface area contributed by atoms with Gasteiger partial charge in [0.15, 0.2) is 0 Å². The average molecular weight is 398 g/mol. The lowest BCUT2D eigenvalue weighted by molar-refractivity contribution is 0.402. The van der Waals surface area contributed by atoms with E-state index in [0.717, 1.165) is 27.5 Å². The van der Waals surface area contributed by atoms with Crippen LogP contribution < -0.4 is 5.56 Å². The lowest BCUT2D eigenvalue weighted by Gasteiger charge is -2.10. The Labute approximate surface area is 152 Å². The van der Waals surface area contributed by atoms with Crippen LogP contribution in [0.3, 0.4) is 0 Å². The molecule has 0 radical (unpaired) electrons. The summed E-state index contributed by atoms with van der Waals surface area (Å²) in [5.74, 6) is 0.542. The first kappa shape index (κ1) is 16.1. The van der Waals surface area contributed by atoms with Crippen LogP contribution in [0.4, 0.5) is 0 Å². The van der Waals surface area contributed by atoms with Crippen LogP contribution in [0, 0.1) is 0 Å². The minimum atomic E-state index is -0.273. The van der Waals surface area contributed by atoms with Crippen molar-refractivity contribution in [1.29, 1.82) is 0 Å². The highest BCUT2D eigenvalue weighted by Crippen LogP contribution is 2.29. The molecule has 0 spiro atoms. The monoisotopic (exact) mass is 397 g/mol. The first-order valence-electron chi connectivity index (χ1n) is 7.87. The van der Waals surface area contributed by atoms with Gasteiger partial charge in [-0.05, 0) is 43.9 Å². The number of fused-ring (bicyclic) bond motifs is 3. The molecular formula is C19H16BrN3O2. The molecular weight excluding hydrogens is 382 g/mol. The summed E-state index contributed by atoms with van der Waals surface area (Å²) >= 11 is 3.46. The Bertz CT molecular complexity index is 1140. The van der Waals surface area contributed by atoms with E-state index in [0.29, 0.717) is 16.9 Å². The number of nitrogens with one attached hydrogen (secondary N) is 1. The van der Waals surface area contributed by atoms with E-state index >= 15 is 0 Å². The van der Waals surface area contributed by atoms with Gasteiger partial charge in [-0.1, -0.05) is 34.1 Å². The van der Waals surface area contributed by atoms with Gasteiger partial charge in [0, 0.05) is 22.0 Å². The zero-order chi connectivity index (χ0) is 17.6. The predicted octanol–water partition coefficient (Wildman–Crippen LogP) is 4.16. The first-order chi connectivity index (χ1) is 12.0. The Balaban J connectivity index is 1.92. The molecule has 0 amide bonds. The minimum absolute atomic E-state index is 0.251. The van der Waals surface area contributed by atoms with Gasteiger partial charge in [-0.15, -0.1) is 0 Å². The van der Waals surface area contributed by atoms with Crippen molar-refractivity contribution in [2.45, 2.75) is 6.54 Å². The van der Waals surface area contributed by atoms with Crippen molar-refractivity contribution >= 4 is 38.0 Å². The maximum Gasteiger partial charge on any atom is 0.294 e. The van der Waals surface area contributed by atoms with Gasteiger partial charge in [-0.2, -0.15) is 0 Å². The Morgan fingerprint density at radius 1 is 1.20 bits per heavy atom. The number of hydrogen-bond acceptors (Lipinski definition) is 4. The highest BCUT2D eigenvalue weighted by molar-refractivity contribution is 9.10. The molecule has 0 saturated carbocycles. The normalized spacial score (nSPS) is 11.7. The molecule has 25 heavy (non-hydrogen) atoms. The van der Waals surface area contributed by atoms with Crippen molar-refractivity contribution < 1.29 is 4.42 Å². The molecule has 4 aromatic rings. The summed E-state index contributed by atoms with van der Waals surface area (Å²) in [6, 6.07) is 13.7. The van der Waals surface area contributed by atoms with Gasteiger partial charge in [-0.3, -0.25) is 4.79 Å². The maximum absolute atomic E-state index is 12.5. The van der Waals surface area contributed by atoms with Crippen LogP contribution >= 0.6 is 15.9 Å². The number of furan rings is 1. The Kier molecular flexibility index (Phi) is 3.94. The van der Waals surface area contributed by atoms with E-state index in [2.05, 4.69) is 36.9 Å². The van der Waals surface area contributed by atoms with Crippen molar-refractivity contribution in [3.05, 3.63) is 62.9 Å². The van der Waals surface area contributed by atoms with E-state index in [9.17, 15) is 4.79 Å². The number of nitrogens with zero attached hydrogens (tertiary/aromatic N) is 2. The second-order valence-corrected chi connectivity index (χ2v) is 7.19. The molecule has 0 aliphatic carbocycles. The summed E-state index contributed by atoms with van der Waals surface area (Å²) in [6.45, 7) is 0.821. The summed E-state index contributed by atoms with van der Waals surface area (Å²) in [5.41, 5.74) is 3.24. The fraction of sp³-hybridized carbons (Fsp3) is 0.158. The molecule has 0 aliphatic rings. The molecule has 6 heteroatoms. The Morgan fingerprint density at radius 2 is 2.04 bits per heavy atom. The van der Waals surface area contributed by atoms with Crippen LogP contribution in [0.2, 0.25) is 0 Å². The first-order valence-corrected chi connectivity index (χ1v) is 8.67. The van der Waals surface area contributed by atoms with Gasteiger partial charge < -0.3 is 14.3 Å². The van der Waals surface area contributed by atoms with E-state index in [1.165, 1.54) is 0 Å². The number of halogens is 1. The molecule has 0 aliphatic heterocycles. The zero-order valence-corrected chi connectivity index (χ0v) is 15.4. The van der Waals surface area contributed by atoms with Gasteiger partial charge in [0.05, 0.1) is 0 Å². The lowest BCUT2D eigenvalue weighted by atomic mass is 10.1. The van der Waals surface area contributed by atoms with Crippen LogP contribution in [-0.4, -0.2) is 29.0 Å². The van der Waals surface area contributed by atoms with Crippen LogP contribution in [-0.2, 0) is 6.54 Å². The van der Waals surface area contributed by atoms with Crippen molar-refractivity contribution in [2.75, 3.05) is 14.1 Å². The van der Waals surface area contributed by atoms with E-state index < -0.39 is 0 Å². The molecule has 4 rings (SSSR count). The van der Waals surface area contributed by atoms with Gasteiger partial charge in [0.2, 0.25) is 5.58 Å². The number of rotatable bonds is 3. The third-order valence-electron chi connectivity index (χ3n) is 3.98. The number of hydrogen-bond donors (Lipinski definition) is 1.